The highest BCUT2D eigenvalue weighted by molar-refractivity contribution is 7.99. The van der Waals surface area contributed by atoms with Crippen molar-refractivity contribution < 1.29 is 0 Å². The molecule has 19 heavy (non-hydrogen) atoms. The van der Waals surface area contributed by atoms with Crippen LogP contribution in [0.15, 0.2) is 6.20 Å². The maximum Gasteiger partial charge on any atom is 0.0834 e. The van der Waals surface area contributed by atoms with Gasteiger partial charge in [0.1, 0.15) is 0 Å². The number of hydrogen-bond acceptors (Lipinski definition) is 3. The van der Waals surface area contributed by atoms with Gasteiger partial charge in [-0.15, -0.1) is 0 Å². The predicted molar refractivity (Wildman–Crippen MR) is 83.9 cm³/mol. The predicted octanol–water partition coefficient (Wildman–Crippen LogP) is 3.65. The summed E-state index contributed by atoms with van der Waals surface area (Å²) in [7, 11) is 1.98. The standard InChI is InChI=1S/C14H24ClN3S/c1-3-6-16-13(9-11-4-7-19-8-5-11)14-12(15)10-17-18(14)2/h10-11,13,16H,3-9H2,1-2H3. The first-order chi connectivity index (χ1) is 9.22. The lowest BCUT2D eigenvalue weighted by Gasteiger charge is -2.27. The molecule has 2 heterocycles. The lowest BCUT2D eigenvalue weighted by molar-refractivity contribution is 0.358. The fourth-order valence-corrected chi connectivity index (χ4v) is 4.24. The summed E-state index contributed by atoms with van der Waals surface area (Å²) in [4.78, 5) is 0. The van der Waals surface area contributed by atoms with Gasteiger partial charge in [-0.3, -0.25) is 4.68 Å². The highest BCUT2D eigenvalue weighted by Crippen LogP contribution is 2.33. The first-order valence-electron chi connectivity index (χ1n) is 7.21. The molecule has 0 saturated carbocycles. The second kappa shape index (κ2) is 7.55. The SMILES string of the molecule is CCCNC(CC1CCSCC1)c1c(Cl)cnn1C. The van der Waals surface area contributed by atoms with Gasteiger partial charge in [0.15, 0.2) is 0 Å². The van der Waals surface area contributed by atoms with Gasteiger partial charge in [0.25, 0.3) is 0 Å². The first kappa shape index (κ1) is 15.2. The van der Waals surface area contributed by atoms with E-state index < -0.39 is 0 Å². The zero-order chi connectivity index (χ0) is 13.7. The highest BCUT2D eigenvalue weighted by Gasteiger charge is 2.24. The van der Waals surface area contributed by atoms with E-state index in [0.29, 0.717) is 6.04 Å². The van der Waals surface area contributed by atoms with Crippen molar-refractivity contribution in [1.82, 2.24) is 15.1 Å². The molecule has 0 radical (unpaired) electrons. The second-order valence-corrected chi connectivity index (χ2v) is 6.93. The van der Waals surface area contributed by atoms with Gasteiger partial charge in [-0.05, 0) is 49.7 Å². The van der Waals surface area contributed by atoms with E-state index in [1.807, 2.05) is 11.7 Å². The van der Waals surface area contributed by atoms with Crippen LogP contribution in [-0.2, 0) is 7.05 Å². The van der Waals surface area contributed by atoms with Gasteiger partial charge >= 0.3 is 0 Å². The molecule has 108 valence electrons. The normalized spacial score (nSPS) is 18.7. The van der Waals surface area contributed by atoms with Crippen LogP contribution in [0.25, 0.3) is 0 Å². The van der Waals surface area contributed by atoms with Crippen molar-refractivity contribution in [3.63, 3.8) is 0 Å². The van der Waals surface area contributed by atoms with Gasteiger partial charge in [0.05, 0.1) is 23.0 Å². The number of nitrogens with zero attached hydrogens (tertiary/aromatic N) is 2. The average Bonchev–Trinajstić information content (AvgIpc) is 2.75. The second-order valence-electron chi connectivity index (χ2n) is 5.30. The molecule has 0 aromatic carbocycles. The van der Waals surface area contributed by atoms with E-state index in [1.165, 1.54) is 30.8 Å². The summed E-state index contributed by atoms with van der Waals surface area (Å²) in [6.07, 6.45) is 6.76. The Morgan fingerprint density at radius 3 is 2.84 bits per heavy atom. The number of aromatic nitrogens is 2. The van der Waals surface area contributed by atoms with Gasteiger partial charge in [-0.1, -0.05) is 18.5 Å². The minimum absolute atomic E-state index is 0.341. The van der Waals surface area contributed by atoms with Gasteiger partial charge in [-0.25, -0.2) is 0 Å². The third-order valence-corrected chi connectivity index (χ3v) is 5.16. The third-order valence-electron chi connectivity index (χ3n) is 3.82. The summed E-state index contributed by atoms with van der Waals surface area (Å²) < 4.78 is 1.92. The van der Waals surface area contributed by atoms with Gasteiger partial charge in [0.2, 0.25) is 0 Å². The van der Waals surface area contributed by atoms with E-state index in [2.05, 4.69) is 29.1 Å². The number of halogens is 1. The average molecular weight is 302 g/mol. The Hall–Kier alpha value is -0.190. The van der Waals surface area contributed by atoms with E-state index >= 15 is 0 Å². The molecule has 1 aliphatic heterocycles. The largest absolute Gasteiger partial charge is 0.309 e. The van der Waals surface area contributed by atoms with Crippen molar-refractivity contribution in [2.24, 2.45) is 13.0 Å². The van der Waals surface area contributed by atoms with Crippen LogP contribution >= 0.6 is 23.4 Å². The summed E-state index contributed by atoms with van der Waals surface area (Å²) in [6, 6.07) is 0.341. The van der Waals surface area contributed by atoms with Crippen LogP contribution in [-0.4, -0.2) is 27.8 Å². The summed E-state index contributed by atoms with van der Waals surface area (Å²) in [5, 5.41) is 8.72. The minimum Gasteiger partial charge on any atom is -0.309 e. The van der Waals surface area contributed by atoms with Crippen molar-refractivity contribution in [2.75, 3.05) is 18.1 Å². The van der Waals surface area contributed by atoms with Crippen LogP contribution in [0.4, 0.5) is 0 Å². The summed E-state index contributed by atoms with van der Waals surface area (Å²) in [5.41, 5.74) is 1.15. The summed E-state index contributed by atoms with van der Waals surface area (Å²) in [5.74, 6) is 3.44. The smallest absolute Gasteiger partial charge is 0.0834 e. The Morgan fingerprint density at radius 2 is 2.26 bits per heavy atom. The molecule has 1 N–H and O–H groups in total. The van der Waals surface area contributed by atoms with Gasteiger partial charge in [-0.2, -0.15) is 16.9 Å². The van der Waals surface area contributed by atoms with E-state index in [1.54, 1.807) is 6.20 Å². The molecule has 1 aromatic heterocycles. The maximum absolute atomic E-state index is 6.31. The third kappa shape index (κ3) is 4.14. The fraction of sp³-hybridized carbons (Fsp3) is 0.786. The van der Waals surface area contributed by atoms with Crippen molar-refractivity contribution >= 4 is 23.4 Å². The van der Waals surface area contributed by atoms with Crippen LogP contribution in [0, 0.1) is 5.92 Å². The fourth-order valence-electron chi connectivity index (χ4n) is 2.74. The summed E-state index contributed by atoms with van der Waals surface area (Å²) >= 11 is 8.39. The molecule has 0 spiro atoms. The van der Waals surface area contributed by atoms with Crippen LogP contribution in [0.1, 0.15) is 44.3 Å². The number of nitrogens with one attached hydrogen (secondary N) is 1. The molecule has 0 aliphatic carbocycles. The Bertz CT molecular complexity index is 369. The Labute approximate surface area is 125 Å². The molecule has 1 aromatic rings. The Morgan fingerprint density at radius 1 is 1.53 bits per heavy atom. The number of rotatable bonds is 6. The highest BCUT2D eigenvalue weighted by atomic mass is 35.5. The van der Waals surface area contributed by atoms with E-state index in [0.717, 1.165) is 29.6 Å². The zero-order valence-corrected chi connectivity index (χ0v) is 13.4. The summed E-state index contributed by atoms with van der Waals surface area (Å²) in [6.45, 7) is 3.24. The van der Waals surface area contributed by atoms with Crippen molar-refractivity contribution in [3.05, 3.63) is 16.9 Å². The molecule has 1 unspecified atom stereocenters. The van der Waals surface area contributed by atoms with Crippen molar-refractivity contribution in [2.45, 2.75) is 38.6 Å². The molecular formula is C14H24ClN3S. The topological polar surface area (TPSA) is 29.9 Å². The maximum atomic E-state index is 6.31. The lowest BCUT2D eigenvalue weighted by Crippen LogP contribution is -2.27. The minimum atomic E-state index is 0.341. The van der Waals surface area contributed by atoms with Gasteiger partial charge in [0, 0.05) is 7.05 Å². The zero-order valence-electron chi connectivity index (χ0n) is 11.9. The van der Waals surface area contributed by atoms with Crippen molar-refractivity contribution in [3.8, 4) is 0 Å². The number of hydrogen-bond donors (Lipinski definition) is 1. The quantitative estimate of drug-likeness (QED) is 0.870. The number of aryl methyl sites for hydroxylation is 1. The first-order valence-corrected chi connectivity index (χ1v) is 8.74. The van der Waals surface area contributed by atoms with Gasteiger partial charge < -0.3 is 5.32 Å². The molecule has 1 atom stereocenters. The molecule has 1 saturated heterocycles. The van der Waals surface area contributed by atoms with Crippen LogP contribution in [0.2, 0.25) is 5.02 Å². The number of thioether (sulfide) groups is 1. The van der Waals surface area contributed by atoms with Crippen LogP contribution in [0.5, 0.6) is 0 Å². The molecule has 2 rings (SSSR count). The molecule has 1 fully saturated rings. The van der Waals surface area contributed by atoms with Crippen LogP contribution in [0.3, 0.4) is 0 Å². The Balaban J connectivity index is 2.06. The van der Waals surface area contributed by atoms with E-state index in [4.69, 9.17) is 11.6 Å². The van der Waals surface area contributed by atoms with E-state index in [-0.39, 0.29) is 0 Å². The molecule has 0 bridgehead atoms. The molecule has 1 aliphatic rings. The van der Waals surface area contributed by atoms with E-state index in [9.17, 15) is 0 Å². The molecule has 0 amide bonds. The molecule has 5 heteroatoms. The lowest BCUT2D eigenvalue weighted by atomic mass is 9.92. The van der Waals surface area contributed by atoms with Crippen LogP contribution < -0.4 is 5.32 Å². The van der Waals surface area contributed by atoms with Crippen molar-refractivity contribution in [1.29, 1.82) is 0 Å². The molecular weight excluding hydrogens is 278 g/mol. The monoisotopic (exact) mass is 301 g/mol. The Kier molecular flexibility index (Phi) is 6.05. The molecule has 3 nitrogen and oxygen atoms in total.